The van der Waals surface area contributed by atoms with Gasteiger partial charge in [-0.25, -0.2) is 8.78 Å². The van der Waals surface area contributed by atoms with E-state index >= 15 is 0 Å². The Balaban J connectivity index is 0.000000572. The van der Waals surface area contributed by atoms with Crippen molar-refractivity contribution in [3.8, 4) is 0 Å². The van der Waals surface area contributed by atoms with Gasteiger partial charge in [-0.05, 0) is 45.2 Å². The molecule has 3 heterocycles. The number of aromatic nitrogens is 2. The Bertz CT molecular complexity index is 1200. The second kappa shape index (κ2) is 16.5. The van der Waals surface area contributed by atoms with E-state index in [-0.39, 0.29) is 43.7 Å². The Labute approximate surface area is 245 Å². The van der Waals surface area contributed by atoms with Crippen LogP contribution < -0.4 is 23.9 Å². The van der Waals surface area contributed by atoms with Gasteiger partial charge in [0.05, 0.1) is 22.8 Å². The van der Waals surface area contributed by atoms with Crippen LogP contribution >= 0.6 is 62.0 Å². The maximum atomic E-state index is 14.0. The SMILES string of the molecule is C.Cc1noc2cc(F)c(N)cc12.Cc1noc2cc(F)c(N3CCCCC3)cc12.Cl.Cl.I[I-]I. The molecule has 0 radical (unpaired) electrons. The molecular weight excluding hydrogens is 842 g/mol. The number of nitrogens with zero attached hydrogens (tertiary/aromatic N) is 3. The molecule has 1 aliphatic rings. The van der Waals surface area contributed by atoms with Crippen LogP contribution in [0, 0.1) is 25.5 Å². The standard InChI is InChI=1S/C13H15FN2O.C8H7FN2O.CH4.2ClH.I3/c1-9-10-7-12(16-5-3-2-4-6-16)11(14)8-13(10)17-15-9;1-4-5-2-7(10)6(9)3-8(5)12-11-4;;;;1-3-2/h7-8H,2-6H2,1H3;2-3H,10H2,1H3;1H4;2*1H;/q;;;;;-1. The molecule has 0 aliphatic carbocycles. The van der Waals surface area contributed by atoms with Crippen LogP contribution in [0.4, 0.5) is 20.2 Å². The van der Waals surface area contributed by atoms with Gasteiger partial charge in [-0.2, -0.15) is 0 Å². The second-order valence-electron chi connectivity index (χ2n) is 7.31. The summed E-state index contributed by atoms with van der Waals surface area (Å²) in [7, 11) is 0. The Morgan fingerprint density at radius 3 is 1.83 bits per heavy atom. The number of anilines is 2. The Morgan fingerprint density at radius 1 is 0.857 bits per heavy atom. The normalized spacial score (nSPS) is 12.5. The number of aryl methyl sites for hydroxylation is 2. The van der Waals surface area contributed by atoms with Crippen molar-refractivity contribution in [1.82, 2.24) is 10.3 Å². The van der Waals surface area contributed by atoms with Gasteiger partial charge in [-0.1, -0.05) is 17.7 Å². The van der Waals surface area contributed by atoms with Crippen molar-refractivity contribution in [2.75, 3.05) is 23.7 Å². The molecular formula is C22H28Cl2F2I3N4O2-. The average molecular weight is 870 g/mol. The summed E-state index contributed by atoms with van der Waals surface area (Å²) < 4.78 is 36.7. The molecule has 0 saturated carbocycles. The van der Waals surface area contributed by atoms with E-state index in [9.17, 15) is 8.78 Å². The number of hydrogen-bond acceptors (Lipinski definition) is 6. The van der Waals surface area contributed by atoms with Gasteiger partial charge in [0.2, 0.25) is 0 Å². The monoisotopic (exact) mass is 869 g/mol. The van der Waals surface area contributed by atoms with Gasteiger partial charge < -0.3 is 19.7 Å². The summed E-state index contributed by atoms with van der Waals surface area (Å²) in [5.74, 6) is -0.686. The molecule has 0 bridgehead atoms. The first-order chi connectivity index (χ1) is 15.3. The molecule has 2 aromatic heterocycles. The van der Waals surface area contributed by atoms with Crippen molar-refractivity contribution in [3.05, 3.63) is 47.3 Å². The first-order valence-corrected chi connectivity index (χ1v) is 22.4. The summed E-state index contributed by atoms with van der Waals surface area (Å²) in [5.41, 5.74) is 8.67. The summed E-state index contributed by atoms with van der Waals surface area (Å²) >= 11 is 5.30. The Morgan fingerprint density at radius 2 is 1.31 bits per heavy atom. The van der Waals surface area contributed by atoms with Crippen LogP contribution in [-0.4, -0.2) is 23.4 Å². The van der Waals surface area contributed by atoms with E-state index < -0.39 is 5.82 Å². The zero-order valence-electron chi connectivity index (χ0n) is 18.3. The first kappa shape index (κ1) is 34.6. The Kier molecular flexibility index (Phi) is 16.3. The van der Waals surface area contributed by atoms with Gasteiger partial charge in [0.15, 0.2) is 11.2 Å². The maximum absolute atomic E-state index is 14.0. The molecule has 35 heavy (non-hydrogen) atoms. The first-order valence-electron chi connectivity index (χ1n) is 9.84. The third-order valence-electron chi connectivity index (χ3n) is 5.19. The van der Waals surface area contributed by atoms with Gasteiger partial charge in [0, 0.05) is 36.0 Å². The molecule has 1 saturated heterocycles. The fraction of sp³-hybridized carbons (Fsp3) is 0.364. The molecule has 0 amide bonds. The summed E-state index contributed by atoms with van der Waals surface area (Å²) in [6.45, 7) is 5.53. The van der Waals surface area contributed by atoms with Crippen LogP contribution in [0.25, 0.3) is 21.9 Å². The number of nitrogens with two attached hydrogens (primary N) is 1. The number of nitrogen functional groups attached to an aromatic ring is 1. The number of hydrogen-bond donors (Lipinski definition) is 1. The van der Waals surface area contributed by atoms with E-state index in [0.29, 0.717) is 30.1 Å². The second-order valence-corrected chi connectivity index (χ2v) is 23.6. The number of benzene rings is 2. The van der Waals surface area contributed by atoms with Crippen LogP contribution in [0.1, 0.15) is 38.1 Å². The zero-order valence-corrected chi connectivity index (χ0v) is 26.4. The summed E-state index contributed by atoms with van der Waals surface area (Å²) in [6, 6.07) is 6.07. The predicted molar refractivity (Wildman–Crippen MR) is 157 cm³/mol. The van der Waals surface area contributed by atoms with E-state index in [2.05, 4.69) is 52.4 Å². The van der Waals surface area contributed by atoms with Crippen LogP contribution in [-0.2, 0) is 0 Å². The quantitative estimate of drug-likeness (QED) is 0.205. The molecule has 0 atom stereocenters. The van der Waals surface area contributed by atoms with Crippen LogP contribution in [0.3, 0.4) is 0 Å². The van der Waals surface area contributed by atoms with E-state index in [1.54, 1.807) is 6.92 Å². The molecule has 2 N–H and O–H groups in total. The molecule has 6 nitrogen and oxygen atoms in total. The van der Waals surface area contributed by atoms with Gasteiger partial charge in [0.1, 0.15) is 11.6 Å². The van der Waals surface area contributed by atoms with Crippen molar-refractivity contribution in [1.29, 1.82) is 0 Å². The van der Waals surface area contributed by atoms with Gasteiger partial charge in [-0.3, -0.25) is 0 Å². The van der Waals surface area contributed by atoms with Crippen LogP contribution in [0.15, 0.2) is 33.3 Å². The van der Waals surface area contributed by atoms with Gasteiger partial charge in [0.25, 0.3) is 0 Å². The fourth-order valence-corrected chi connectivity index (χ4v) is 3.54. The Hall–Kier alpha value is -0.390. The number of piperidine rings is 1. The number of fused-ring (bicyclic) bond motifs is 2. The van der Waals surface area contributed by atoms with Crippen molar-refractivity contribution in [2.45, 2.75) is 40.5 Å². The zero-order chi connectivity index (χ0) is 23.3. The molecule has 1 fully saturated rings. The molecule has 0 spiro atoms. The fourth-order valence-electron chi connectivity index (χ4n) is 3.54. The molecule has 2 aromatic carbocycles. The molecule has 13 heteroatoms. The van der Waals surface area contributed by atoms with Crippen molar-refractivity contribution < 1.29 is 31.1 Å². The molecule has 4 aromatic rings. The third kappa shape index (κ3) is 8.85. The van der Waals surface area contributed by atoms with Crippen LogP contribution in [0.5, 0.6) is 0 Å². The minimum atomic E-state index is -0.473. The average Bonchev–Trinajstić information content (AvgIpc) is 3.32. The van der Waals surface area contributed by atoms with E-state index in [4.69, 9.17) is 14.8 Å². The minimum absolute atomic E-state index is 0. The predicted octanol–water partition coefficient (Wildman–Crippen LogP) is 5.38. The molecule has 5 rings (SSSR count). The van der Waals surface area contributed by atoms with Gasteiger partial charge in [-0.15, -0.1) is 24.8 Å². The van der Waals surface area contributed by atoms with Crippen molar-refractivity contribution in [3.63, 3.8) is 0 Å². The summed E-state index contributed by atoms with van der Waals surface area (Å²) in [6.07, 6.45) is 3.52. The van der Waals surface area contributed by atoms with Gasteiger partial charge >= 0.3 is 50.5 Å². The van der Waals surface area contributed by atoms with Crippen LogP contribution in [0.2, 0.25) is 0 Å². The van der Waals surface area contributed by atoms with E-state index in [1.165, 1.54) is 24.6 Å². The van der Waals surface area contributed by atoms with E-state index in [0.717, 1.165) is 48.1 Å². The summed E-state index contributed by atoms with van der Waals surface area (Å²) in [4.78, 5) is 2.12. The topological polar surface area (TPSA) is 81.3 Å². The molecule has 1 aliphatic heterocycles. The van der Waals surface area contributed by atoms with E-state index in [1.807, 2.05) is 13.0 Å². The molecule has 198 valence electrons. The van der Waals surface area contributed by atoms with Crippen molar-refractivity contribution >= 4 is 95.4 Å². The number of halogens is 7. The summed E-state index contributed by atoms with van der Waals surface area (Å²) in [5, 5.41) is 9.21. The third-order valence-corrected chi connectivity index (χ3v) is 5.19. The van der Waals surface area contributed by atoms with Crippen molar-refractivity contribution in [2.24, 2.45) is 0 Å². The number of rotatable bonds is 1. The molecule has 0 unspecified atom stereocenters.